The second kappa shape index (κ2) is 5.07. The van der Waals surface area contributed by atoms with Crippen molar-refractivity contribution in [1.29, 1.82) is 0 Å². The summed E-state index contributed by atoms with van der Waals surface area (Å²) in [4.78, 5) is 11.4. The molecule has 17 heavy (non-hydrogen) atoms. The molecular formula is C13H20O3Si. The number of hydrogen-bond acceptors (Lipinski definition) is 3. The fraction of sp³-hybridized carbons (Fsp3) is 0.615. The fourth-order valence-corrected chi connectivity index (χ4v) is 2.27. The van der Waals surface area contributed by atoms with Crippen molar-refractivity contribution < 1.29 is 14.6 Å². The lowest BCUT2D eigenvalue weighted by Crippen LogP contribution is -2.35. The Morgan fingerprint density at radius 3 is 2.71 bits per heavy atom. The van der Waals surface area contributed by atoms with Crippen LogP contribution in [0.2, 0.25) is 19.6 Å². The molecule has 4 heteroatoms. The molecule has 1 N–H and O–H groups in total. The third kappa shape index (κ3) is 4.37. The van der Waals surface area contributed by atoms with E-state index in [1.165, 1.54) is 7.11 Å². The Labute approximate surface area is 104 Å². The maximum Gasteiger partial charge on any atom is 0.312 e. The number of ether oxygens (including phenoxy) is 1. The minimum absolute atomic E-state index is 0.311. The zero-order chi connectivity index (χ0) is 13.1. The Bertz CT molecular complexity index is 384. The molecule has 0 aliphatic heterocycles. The molecule has 0 saturated carbocycles. The molecule has 1 aliphatic rings. The molecule has 0 aromatic carbocycles. The van der Waals surface area contributed by atoms with Crippen LogP contribution in [0.5, 0.6) is 0 Å². The lowest BCUT2D eigenvalue weighted by Gasteiger charge is -2.28. The highest BCUT2D eigenvalue weighted by Crippen LogP contribution is 2.28. The van der Waals surface area contributed by atoms with Crippen molar-refractivity contribution in [2.45, 2.75) is 38.1 Å². The van der Waals surface area contributed by atoms with Gasteiger partial charge in [0.2, 0.25) is 0 Å². The summed E-state index contributed by atoms with van der Waals surface area (Å²) in [6.45, 7) is 6.37. The van der Waals surface area contributed by atoms with Crippen LogP contribution in [0, 0.1) is 17.4 Å². The molecule has 0 bridgehead atoms. The number of methoxy groups -OCH3 is 1. The first-order valence-corrected chi connectivity index (χ1v) is 9.27. The van der Waals surface area contributed by atoms with Gasteiger partial charge in [-0.2, -0.15) is 0 Å². The molecule has 0 amide bonds. The van der Waals surface area contributed by atoms with Gasteiger partial charge in [-0.1, -0.05) is 37.7 Å². The van der Waals surface area contributed by atoms with Crippen molar-refractivity contribution in [3.05, 3.63) is 12.2 Å². The zero-order valence-electron chi connectivity index (χ0n) is 10.9. The molecule has 2 atom stereocenters. The van der Waals surface area contributed by atoms with Gasteiger partial charge in [-0.3, -0.25) is 4.79 Å². The molecule has 0 fully saturated rings. The Kier molecular flexibility index (Phi) is 4.18. The number of aliphatic hydroxyl groups is 1. The molecule has 1 rings (SSSR count). The summed E-state index contributed by atoms with van der Waals surface area (Å²) in [6, 6.07) is 0. The molecule has 0 saturated heterocycles. The highest BCUT2D eigenvalue weighted by Gasteiger charge is 2.33. The van der Waals surface area contributed by atoms with Crippen molar-refractivity contribution in [2.24, 2.45) is 5.92 Å². The second-order valence-electron chi connectivity index (χ2n) is 5.50. The monoisotopic (exact) mass is 252 g/mol. The molecular weight excluding hydrogens is 232 g/mol. The Balaban J connectivity index is 2.82. The number of carbonyl (C=O) groups excluding carboxylic acids is 1. The predicted octanol–water partition coefficient (Wildman–Crippen LogP) is 1.74. The first-order chi connectivity index (χ1) is 7.76. The largest absolute Gasteiger partial charge is 0.469 e. The molecule has 1 aliphatic carbocycles. The van der Waals surface area contributed by atoms with Gasteiger partial charge in [0.25, 0.3) is 0 Å². The van der Waals surface area contributed by atoms with Gasteiger partial charge in [0.1, 0.15) is 13.7 Å². The van der Waals surface area contributed by atoms with E-state index in [-0.39, 0.29) is 11.9 Å². The van der Waals surface area contributed by atoms with Crippen molar-refractivity contribution in [1.82, 2.24) is 0 Å². The van der Waals surface area contributed by atoms with E-state index in [0.29, 0.717) is 12.8 Å². The molecule has 3 nitrogen and oxygen atoms in total. The van der Waals surface area contributed by atoms with Crippen LogP contribution < -0.4 is 0 Å². The van der Waals surface area contributed by atoms with Crippen LogP contribution >= 0.6 is 0 Å². The van der Waals surface area contributed by atoms with E-state index in [1.54, 1.807) is 6.08 Å². The van der Waals surface area contributed by atoms with Gasteiger partial charge in [-0.05, 0) is 0 Å². The van der Waals surface area contributed by atoms with Gasteiger partial charge in [-0.15, -0.1) is 5.54 Å². The van der Waals surface area contributed by atoms with Gasteiger partial charge in [-0.25, -0.2) is 0 Å². The maximum absolute atomic E-state index is 11.4. The summed E-state index contributed by atoms with van der Waals surface area (Å²) in [5.41, 5.74) is 2.09. The zero-order valence-corrected chi connectivity index (χ0v) is 11.9. The molecule has 0 spiro atoms. The highest BCUT2D eigenvalue weighted by molar-refractivity contribution is 6.83. The predicted molar refractivity (Wildman–Crippen MR) is 70.0 cm³/mol. The lowest BCUT2D eigenvalue weighted by molar-refractivity contribution is -0.145. The topological polar surface area (TPSA) is 46.5 Å². The standard InChI is InChI=1S/C13H20O3Si/c1-16-12(14)11-6-5-7-13(15,10-11)8-9-17(2,3)4/h5-6,11,15H,7,10H2,1-4H3/t11-,13+/m1/s1. The van der Waals surface area contributed by atoms with E-state index in [2.05, 4.69) is 35.8 Å². The number of rotatable bonds is 1. The Morgan fingerprint density at radius 1 is 1.53 bits per heavy atom. The second-order valence-corrected chi connectivity index (χ2v) is 10.2. The molecule has 0 aromatic rings. The summed E-state index contributed by atoms with van der Waals surface area (Å²) in [7, 11) is -0.148. The van der Waals surface area contributed by atoms with Crippen LogP contribution in [0.1, 0.15) is 12.8 Å². The third-order valence-corrected chi connectivity index (χ3v) is 3.43. The van der Waals surface area contributed by atoms with Gasteiger partial charge in [0.05, 0.1) is 13.0 Å². The van der Waals surface area contributed by atoms with Crippen LogP contribution in [-0.2, 0) is 9.53 Å². The van der Waals surface area contributed by atoms with Crippen molar-refractivity contribution >= 4 is 14.0 Å². The SMILES string of the molecule is COC(=O)[C@@H]1C=CC[C@](O)(C#C[Si](C)(C)C)C1. The summed E-state index contributed by atoms with van der Waals surface area (Å²) in [5, 5.41) is 10.3. The van der Waals surface area contributed by atoms with E-state index in [4.69, 9.17) is 0 Å². The average Bonchev–Trinajstić information content (AvgIpc) is 2.25. The minimum Gasteiger partial charge on any atom is -0.469 e. The molecule has 0 radical (unpaired) electrons. The van der Waals surface area contributed by atoms with Crippen LogP contribution in [0.15, 0.2) is 12.2 Å². The van der Waals surface area contributed by atoms with E-state index < -0.39 is 13.7 Å². The van der Waals surface area contributed by atoms with E-state index in [1.807, 2.05) is 6.08 Å². The van der Waals surface area contributed by atoms with Crippen LogP contribution in [0.3, 0.4) is 0 Å². The van der Waals surface area contributed by atoms with Gasteiger partial charge in [0.15, 0.2) is 0 Å². The number of carbonyl (C=O) groups is 1. The minimum atomic E-state index is -1.51. The van der Waals surface area contributed by atoms with Gasteiger partial charge in [0, 0.05) is 12.8 Å². The lowest BCUT2D eigenvalue weighted by atomic mass is 9.83. The quantitative estimate of drug-likeness (QED) is 0.335. The van der Waals surface area contributed by atoms with E-state index in [0.717, 1.165) is 0 Å². The van der Waals surface area contributed by atoms with E-state index >= 15 is 0 Å². The first-order valence-electron chi connectivity index (χ1n) is 5.77. The third-order valence-electron chi connectivity index (χ3n) is 2.56. The number of hydrogen-bond donors (Lipinski definition) is 1. The molecule has 0 unspecified atom stereocenters. The van der Waals surface area contributed by atoms with Crippen LogP contribution in [0.4, 0.5) is 0 Å². The number of esters is 1. The van der Waals surface area contributed by atoms with Crippen molar-refractivity contribution in [3.63, 3.8) is 0 Å². The maximum atomic E-state index is 11.4. The summed E-state index contributed by atoms with van der Waals surface area (Å²) >= 11 is 0. The molecule has 0 aromatic heterocycles. The fourth-order valence-electron chi connectivity index (χ4n) is 1.66. The van der Waals surface area contributed by atoms with Crippen LogP contribution in [0.25, 0.3) is 0 Å². The summed E-state index contributed by atoms with van der Waals surface area (Å²) < 4.78 is 4.69. The van der Waals surface area contributed by atoms with E-state index in [9.17, 15) is 9.90 Å². The Morgan fingerprint density at radius 2 is 2.18 bits per heavy atom. The Hall–Kier alpha value is -1.05. The van der Waals surface area contributed by atoms with Gasteiger partial charge >= 0.3 is 5.97 Å². The van der Waals surface area contributed by atoms with Crippen molar-refractivity contribution in [3.8, 4) is 11.5 Å². The smallest absolute Gasteiger partial charge is 0.312 e. The first kappa shape index (κ1) is 14.0. The normalized spacial score (nSPS) is 28.2. The molecule has 94 valence electrons. The highest BCUT2D eigenvalue weighted by atomic mass is 28.3. The molecule has 0 heterocycles. The van der Waals surface area contributed by atoms with Crippen molar-refractivity contribution in [2.75, 3.05) is 7.11 Å². The van der Waals surface area contributed by atoms with Gasteiger partial charge < -0.3 is 9.84 Å². The summed E-state index contributed by atoms with van der Waals surface area (Å²) in [6.07, 6.45) is 4.41. The van der Waals surface area contributed by atoms with Crippen LogP contribution in [-0.4, -0.2) is 31.9 Å². The summed E-state index contributed by atoms with van der Waals surface area (Å²) in [5.74, 6) is 2.26. The average molecular weight is 252 g/mol.